The topological polar surface area (TPSA) is 55.3 Å². The third-order valence-electron chi connectivity index (χ3n) is 4.45. The summed E-state index contributed by atoms with van der Waals surface area (Å²) in [7, 11) is 0. The van der Waals surface area contributed by atoms with Crippen molar-refractivity contribution >= 4 is 32.6 Å². The summed E-state index contributed by atoms with van der Waals surface area (Å²) >= 11 is 1.49. The Hall–Kier alpha value is -3.25. The van der Waals surface area contributed by atoms with Crippen molar-refractivity contribution in [2.24, 2.45) is 0 Å². The highest BCUT2D eigenvalue weighted by atomic mass is 32.1. The first-order valence-electron chi connectivity index (χ1n) is 9.51. The van der Waals surface area contributed by atoms with Crippen LogP contribution in [0.2, 0.25) is 0 Å². The number of amides is 1. The molecule has 1 amide bonds. The normalized spacial score (nSPS) is 10.8. The van der Waals surface area contributed by atoms with Crippen molar-refractivity contribution in [1.29, 1.82) is 0 Å². The third kappa shape index (κ3) is 4.43. The summed E-state index contributed by atoms with van der Waals surface area (Å²) in [6.07, 6.45) is 2.04. The summed E-state index contributed by atoms with van der Waals surface area (Å²) in [5.41, 5.74) is 2.57. The van der Waals surface area contributed by atoms with Gasteiger partial charge in [0.2, 0.25) is 5.91 Å². The Balaban J connectivity index is 1.70. The molecule has 29 heavy (non-hydrogen) atoms. The van der Waals surface area contributed by atoms with Crippen molar-refractivity contribution in [3.05, 3.63) is 84.2 Å². The van der Waals surface area contributed by atoms with Gasteiger partial charge in [-0.05, 0) is 36.8 Å². The van der Waals surface area contributed by atoms with Crippen LogP contribution in [0.1, 0.15) is 18.2 Å². The average Bonchev–Trinajstić information content (AvgIpc) is 3.18. The number of hydrogen-bond acceptors (Lipinski definition) is 5. The number of aromatic nitrogens is 2. The van der Waals surface area contributed by atoms with Crippen LogP contribution in [0, 0.1) is 0 Å². The minimum Gasteiger partial charge on any atom is -0.492 e. The van der Waals surface area contributed by atoms with Crippen LogP contribution in [0.4, 0.5) is 5.13 Å². The van der Waals surface area contributed by atoms with E-state index >= 15 is 0 Å². The number of benzene rings is 2. The first kappa shape index (κ1) is 19.1. The van der Waals surface area contributed by atoms with Crippen LogP contribution in [0.15, 0.2) is 72.9 Å². The molecule has 2 aromatic heterocycles. The number of para-hydroxylation sites is 1. The molecule has 0 saturated heterocycles. The molecule has 0 aliphatic carbocycles. The van der Waals surface area contributed by atoms with E-state index in [1.54, 1.807) is 11.1 Å². The second-order valence-corrected chi connectivity index (χ2v) is 7.50. The fourth-order valence-corrected chi connectivity index (χ4v) is 4.08. The van der Waals surface area contributed by atoms with Crippen LogP contribution in [-0.2, 0) is 17.8 Å². The fourth-order valence-electron chi connectivity index (χ4n) is 3.08. The Morgan fingerprint density at radius 1 is 1.03 bits per heavy atom. The van der Waals surface area contributed by atoms with Crippen molar-refractivity contribution in [1.82, 2.24) is 9.97 Å². The zero-order valence-corrected chi connectivity index (χ0v) is 16.9. The van der Waals surface area contributed by atoms with Crippen LogP contribution in [0.5, 0.6) is 5.75 Å². The van der Waals surface area contributed by atoms with Gasteiger partial charge in [-0.15, -0.1) is 0 Å². The molecule has 0 aliphatic rings. The summed E-state index contributed by atoms with van der Waals surface area (Å²) in [4.78, 5) is 24.1. The van der Waals surface area contributed by atoms with E-state index in [2.05, 4.69) is 4.98 Å². The summed E-state index contributed by atoms with van der Waals surface area (Å²) in [5.74, 6) is 0.722. The number of thiazole rings is 1. The van der Waals surface area contributed by atoms with Crippen molar-refractivity contribution in [2.45, 2.75) is 19.9 Å². The van der Waals surface area contributed by atoms with Crippen molar-refractivity contribution in [3.8, 4) is 5.75 Å². The van der Waals surface area contributed by atoms with Crippen molar-refractivity contribution in [3.63, 3.8) is 0 Å². The standard InChI is InChI=1S/C23H21N3O2S/c1-2-28-19-12-8-13-20-22(19)25-23(29-20)26(16-18-11-6-7-14-24-18)21(27)15-17-9-4-3-5-10-17/h3-14H,2,15-16H2,1H3. The molecule has 0 atom stereocenters. The van der Waals surface area contributed by atoms with Crippen molar-refractivity contribution in [2.75, 3.05) is 11.5 Å². The van der Waals surface area contributed by atoms with Crippen LogP contribution < -0.4 is 9.64 Å². The largest absolute Gasteiger partial charge is 0.492 e. The molecule has 4 aromatic rings. The van der Waals surface area contributed by atoms with E-state index in [-0.39, 0.29) is 5.91 Å². The molecule has 2 aromatic carbocycles. The Bertz CT molecular complexity index is 1100. The van der Waals surface area contributed by atoms with E-state index < -0.39 is 0 Å². The number of nitrogens with zero attached hydrogens (tertiary/aromatic N) is 3. The van der Waals surface area contributed by atoms with Gasteiger partial charge in [-0.2, -0.15) is 0 Å². The number of carbonyl (C=O) groups is 1. The number of carbonyl (C=O) groups excluding carboxylic acids is 1. The molecule has 146 valence electrons. The lowest BCUT2D eigenvalue weighted by molar-refractivity contribution is -0.118. The number of anilines is 1. The predicted octanol–water partition coefficient (Wildman–Crippen LogP) is 4.87. The van der Waals surface area contributed by atoms with Gasteiger partial charge in [0.05, 0.1) is 30.0 Å². The van der Waals surface area contributed by atoms with Crippen LogP contribution in [-0.4, -0.2) is 22.5 Å². The van der Waals surface area contributed by atoms with E-state index in [1.807, 2.05) is 73.7 Å². The molecule has 6 heteroatoms. The number of rotatable bonds is 7. The third-order valence-corrected chi connectivity index (χ3v) is 5.49. The number of hydrogen-bond donors (Lipinski definition) is 0. The zero-order valence-electron chi connectivity index (χ0n) is 16.1. The van der Waals surface area contributed by atoms with E-state index in [0.717, 1.165) is 27.2 Å². The SMILES string of the molecule is CCOc1cccc2sc(N(Cc3ccccn3)C(=O)Cc3ccccc3)nc12. The maximum atomic E-state index is 13.2. The van der Waals surface area contributed by atoms with E-state index in [0.29, 0.717) is 24.7 Å². The number of pyridine rings is 1. The fraction of sp³-hybridized carbons (Fsp3) is 0.174. The van der Waals surface area contributed by atoms with E-state index in [4.69, 9.17) is 9.72 Å². The Morgan fingerprint density at radius 3 is 2.62 bits per heavy atom. The van der Waals surface area contributed by atoms with Gasteiger partial charge in [0, 0.05) is 6.20 Å². The maximum Gasteiger partial charge on any atom is 0.233 e. The molecule has 2 heterocycles. The molecule has 0 radical (unpaired) electrons. The molecule has 5 nitrogen and oxygen atoms in total. The molecule has 0 unspecified atom stereocenters. The lowest BCUT2D eigenvalue weighted by Crippen LogP contribution is -2.32. The monoisotopic (exact) mass is 403 g/mol. The molecule has 0 fully saturated rings. The van der Waals surface area contributed by atoms with Gasteiger partial charge in [0.1, 0.15) is 11.3 Å². The maximum absolute atomic E-state index is 13.2. The quantitative estimate of drug-likeness (QED) is 0.442. The molecule has 0 spiro atoms. The summed E-state index contributed by atoms with van der Waals surface area (Å²) in [6.45, 7) is 2.88. The minimum absolute atomic E-state index is 0.0149. The number of ether oxygens (including phenoxy) is 1. The predicted molar refractivity (Wildman–Crippen MR) is 116 cm³/mol. The molecule has 0 N–H and O–H groups in total. The van der Waals surface area contributed by atoms with Gasteiger partial charge in [-0.25, -0.2) is 4.98 Å². The second-order valence-electron chi connectivity index (χ2n) is 6.50. The second kappa shape index (κ2) is 8.84. The zero-order chi connectivity index (χ0) is 20.1. The highest BCUT2D eigenvalue weighted by molar-refractivity contribution is 7.22. The van der Waals surface area contributed by atoms with Gasteiger partial charge in [0.25, 0.3) is 0 Å². The Morgan fingerprint density at radius 2 is 1.86 bits per heavy atom. The number of fused-ring (bicyclic) bond motifs is 1. The Kier molecular flexibility index (Phi) is 5.81. The first-order valence-corrected chi connectivity index (χ1v) is 10.3. The van der Waals surface area contributed by atoms with E-state index in [9.17, 15) is 4.79 Å². The highest BCUT2D eigenvalue weighted by Crippen LogP contribution is 2.35. The van der Waals surface area contributed by atoms with Gasteiger partial charge in [-0.1, -0.05) is 53.8 Å². The van der Waals surface area contributed by atoms with Crippen LogP contribution >= 0.6 is 11.3 Å². The van der Waals surface area contributed by atoms with Gasteiger partial charge < -0.3 is 4.74 Å². The lowest BCUT2D eigenvalue weighted by atomic mass is 10.1. The molecular weight excluding hydrogens is 382 g/mol. The van der Waals surface area contributed by atoms with Gasteiger partial charge in [0.15, 0.2) is 5.13 Å². The molecule has 4 rings (SSSR count). The average molecular weight is 404 g/mol. The van der Waals surface area contributed by atoms with Crippen molar-refractivity contribution < 1.29 is 9.53 Å². The summed E-state index contributed by atoms with van der Waals surface area (Å²) in [6, 6.07) is 21.3. The van der Waals surface area contributed by atoms with E-state index in [1.165, 1.54) is 11.3 Å². The minimum atomic E-state index is -0.0149. The first-order chi connectivity index (χ1) is 14.2. The molecule has 0 bridgehead atoms. The summed E-state index contributed by atoms with van der Waals surface area (Å²) in [5, 5.41) is 0.652. The molecular formula is C23H21N3O2S. The lowest BCUT2D eigenvalue weighted by Gasteiger charge is -2.19. The molecule has 0 saturated carbocycles. The smallest absolute Gasteiger partial charge is 0.233 e. The molecule has 0 aliphatic heterocycles. The Labute approximate surface area is 173 Å². The summed E-state index contributed by atoms with van der Waals surface area (Å²) < 4.78 is 6.71. The van der Waals surface area contributed by atoms with Crippen LogP contribution in [0.25, 0.3) is 10.2 Å². The van der Waals surface area contributed by atoms with Gasteiger partial charge in [-0.3, -0.25) is 14.7 Å². The van der Waals surface area contributed by atoms with Gasteiger partial charge >= 0.3 is 0 Å². The van der Waals surface area contributed by atoms with Crippen LogP contribution in [0.3, 0.4) is 0 Å². The highest BCUT2D eigenvalue weighted by Gasteiger charge is 2.22.